The Morgan fingerprint density at radius 3 is 2.63 bits per heavy atom. The molecule has 0 aliphatic rings. The minimum atomic E-state index is -0.179. The molecule has 0 spiro atoms. The Balaban J connectivity index is 2.39. The first-order chi connectivity index (χ1) is 9.01. The zero-order valence-corrected chi connectivity index (χ0v) is 11.3. The molecular weight excluding hydrogens is 244 g/mol. The molecular formula is C14H20N2O3. The van der Waals surface area contributed by atoms with E-state index in [-0.39, 0.29) is 30.9 Å². The molecule has 2 amide bonds. The first-order valence-electron chi connectivity index (χ1n) is 6.23. The van der Waals surface area contributed by atoms with E-state index >= 15 is 0 Å². The summed E-state index contributed by atoms with van der Waals surface area (Å²) in [6.45, 7) is 3.61. The lowest BCUT2D eigenvalue weighted by Gasteiger charge is -2.12. The number of rotatable bonds is 6. The number of aliphatic hydroxyl groups excluding tert-OH is 1. The van der Waals surface area contributed by atoms with Crippen LogP contribution in [0.25, 0.3) is 0 Å². The maximum Gasteiger partial charge on any atom is 0.222 e. The number of hydrogen-bond donors (Lipinski definition) is 3. The molecule has 0 saturated carbocycles. The second-order valence-electron chi connectivity index (χ2n) is 4.56. The van der Waals surface area contributed by atoms with Gasteiger partial charge in [-0.25, -0.2) is 0 Å². The van der Waals surface area contributed by atoms with Crippen molar-refractivity contribution in [2.45, 2.75) is 39.5 Å². The van der Waals surface area contributed by atoms with Gasteiger partial charge in [-0.05, 0) is 18.1 Å². The van der Waals surface area contributed by atoms with Crippen LogP contribution in [-0.2, 0) is 22.7 Å². The van der Waals surface area contributed by atoms with Gasteiger partial charge in [0.25, 0.3) is 0 Å². The fraction of sp³-hybridized carbons (Fsp3) is 0.429. The van der Waals surface area contributed by atoms with Gasteiger partial charge in [-0.1, -0.05) is 24.3 Å². The summed E-state index contributed by atoms with van der Waals surface area (Å²) in [7, 11) is 0. The van der Waals surface area contributed by atoms with Gasteiger partial charge in [-0.3, -0.25) is 9.59 Å². The second-order valence-corrected chi connectivity index (χ2v) is 4.56. The van der Waals surface area contributed by atoms with Gasteiger partial charge in [0.05, 0.1) is 6.61 Å². The molecule has 5 nitrogen and oxygen atoms in total. The minimum Gasteiger partial charge on any atom is -0.392 e. The van der Waals surface area contributed by atoms with Gasteiger partial charge in [-0.2, -0.15) is 0 Å². The number of carbonyl (C=O) groups is 2. The molecule has 19 heavy (non-hydrogen) atoms. The molecule has 0 fully saturated rings. The molecule has 0 aliphatic heterocycles. The third-order valence-electron chi connectivity index (χ3n) is 2.60. The first-order valence-corrected chi connectivity index (χ1v) is 6.23. The molecule has 0 bridgehead atoms. The van der Waals surface area contributed by atoms with Crippen LogP contribution < -0.4 is 10.6 Å². The molecule has 1 aromatic rings. The van der Waals surface area contributed by atoms with E-state index in [4.69, 9.17) is 5.11 Å². The number of aliphatic hydroxyl groups is 1. The molecule has 0 aliphatic carbocycles. The van der Waals surface area contributed by atoms with Gasteiger partial charge in [0.2, 0.25) is 11.8 Å². The normalized spacial score (nSPS) is 11.7. The summed E-state index contributed by atoms with van der Waals surface area (Å²) in [5, 5.41) is 14.5. The highest BCUT2D eigenvalue weighted by Crippen LogP contribution is 2.05. The molecule has 1 rings (SSSR count). The minimum absolute atomic E-state index is 0.0125. The Kier molecular flexibility index (Phi) is 6.02. The van der Waals surface area contributed by atoms with Gasteiger partial charge in [0, 0.05) is 25.9 Å². The molecule has 0 radical (unpaired) electrons. The summed E-state index contributed by atoms with van der Waals surface area (Å²) in [6, 6.07) is 7.21. The van der Waals surface area contributed by atoms with Crippen molar-refractivity contribution in [3.63, 3.8) is 0 Å². The van der Waals surface area contributed by atoms with E-state index in [0.717, 1.165) is 11.1 Å². The highest BCUT2D eigenvalue weighted by Gasteiger charge is 2.09. The quantitative estimate of drug-likeness (QED) is 0.708. The molecule has 0 unspecified atom stereocenters. The fourth-order valence-corrected chi connectivity index (χ4v) is 1.79. The van der Waals surface area contributed by atoms with Crippen molar-refractivity contribution in [2.75, 3.05) is 0 Å². The van der Waals surface area contributed by atoms with Crippen LogP contribution in [0, 0.1) is 0 Å². The van der Waals surface area contributed by atoms with Crippen molar-refractivity contribution in [2.24, 2.45) is 0 Å². The summed E-state index contributed by atoms with van der Waals surface area (Å²) in [5.41, 5.74) is 1.76. The highest BCUT2D eigenvalue weighted by atomic mass is 16.3. The Morgan fingerprint density at radius 1 is 1.32 bits per heavy atom. The van der Waals surface area contributed by atoms with Crippen LogP contribution in [0.5, 0.6) is 0 Å². The van der Waals surface area contributed by atoms with Crippen molar-refractivity contribution in [1.82, 2.24) is 10.6 Å². The summed E-state index contributed by atoms with van der Waals surface area (Å²) < 4.78 is 0. The Bertz CT molecular complexity index is 446. The van der Waals surface area contributed by atoms with Crippen molar-refractivity contribution in [3.05, 3.63) is 35.4 Å². The summed E-state index contributed by atoms with van der Waals surface area (Å²) in [4.78, 5) is 22.5. The molecule has 0 saturated heterocycles. The van der Waals surface area contributed by atoms with Crippen LogP contribution >= 0.6 is 0 Å². The van der Waals surface area contributed by atoms with Crippen LogP contribution in [0.1, 0.15) is 31.4 Å². The second kappa shape index (κ2) is 7.53. The van der Waals surface area contributed by atoms with Gasteiger partial charge in [0.1, 0.15) is 0 Å². The zero-order valence-electron chi connectivity index (χ0n) is 11.3. The van der Waals surface area contributed by atoms with Crippen LogP contribution in [0.2, 0.25) is 0 Å². The molecule has 5 heteroatoms. The van der Waals surface area contributed by atoms with E-state index in [1.165, 1.54) is 6.92 Å². The molecule has 0 heterocycles. The van der Waals surface area contributed by atoms with Crippen molar-refractivity contribution >= 4 is 11.8 Å². The van der Waals surface area contributed by atoms with Crippen LogP contribution in [0.15, 0.2) is 24.3 Å². The van der Waals surface area contributed by atoms with Crippen molar-refractivity contribution < 1.29 is 14.7 Å². The van der Waals surface area contributed by atoms with Crippen molar-refractivity contribution in [3.8, 4) is 0 Å². The summed E-state index contributed by atoms with van der Waals surface area (Å²) in [6.07, 6.45) is 0.249. The largest absolute Gasteiger partial charge is 0.392 e. The van der Waals surface area contributed by atoms with Gasteiger partial charge in [0.15, 0.2) is 0 Å². The van der Waals surface area contributed by atoms with E-state index in [9.17, 15) is 9.59 Å². The van der Waals surface area contributed by atoms with Gasteiger partial charge in [-0.15, -0.1) is 0 Å². The Hall–Kier alpha value is -1.88. The lowest BCUT2D eigenvalue weighted by molar-refractivity contribution is -0.122. The maximum absolute atomic E-state index is 11.7. The van der Waals surface area contributed by atoms with E-state index in [1.54, 1.807) is 6.92 Å². The van der Waals surface area contributed by atoms with Gasteiger partial charge < -0.3 is 15.7 Å². The third-order valence-corrected chi connectivity index (χ3v) is 2.60. The maximum atomic E-state index is 11.7. The molecule has 104 valence electrons. The standard InChI is InChI=1S/C14H20N2O3/c1-10(16-11(2)18)6-14(19)15-8-12-4-3-5-13(7-12)9-17/h3-5,7,10,17H,6,8-9H2,1-2H3,(H,15,19)(H,16,18)/t10-/m0/s1. The lowest BCUT2D eigenvalue weighted by atomic mass is 10.1. The van der Waals surface area contributed by atoms with E-state index in [1.807, 2.05) is 24.3 Å². The number of carbonyl (C=O) groups excluding carboxylic acids is 2. The summed E-state index contributed by atoms with van der Waals surface area (Å²) >= 11 is 0. The lowest BCUT2D eigenvalue weighted by Crippen LogP contribution is -2.35. The molecule has 0 aromatic heterocycles. The number of amides is 2. The summed E-state index contributed by atoms with van der Waals surface area (Å²) in [5.74, 6) is -0.258. The fourth-order valence-electron chi connectivity index (χ4n) is 1.79. The van der Waals surface area contributed by atoms with E-state index in [0.29, 0.717) is 6.54 Å². The highest BCUT2D eigenvalue weighted by molar-refractivity contribution is 5.78. The average molecular weight is 264 g/mol. The average Bonchev–Trinajstić information content (AvgIpc) is 2.35. The Labute approximate surface area is 113 Å². The molecule has 1 aromatic carbocycles. The zero-order chi connectivity index (χ0) is 14.3. The molecule has 1 atom stereocenters. The van der Waals surface area contributed by atoms with E-state index < -0.39 is 0 Å². The number of hydrogen-bond acceptors (Lipinski definition) is 3. The monoisotopic (exact) mass is 264 g/mol. The predicted octanol–water partition coefficient (Wildman–Crippen LogP) is 0.710. The van der Waals surface area contributed by atoms with Crippen LogP contribution in [-0.4, -0.2) is 23.0 Å². The SMILES string of the molecule is CC(=O)N[C@@H](C)CC(=O)NCc1cccc(CO)c1. The van der Waals surface area contributed by atoms with Crippen molar-refractivity contribution in [1.29, 1.82) is 0 Å². The molecule has 3 N–H and O–H groups in total. The Morgan fingerprint density at radius 2 is 2.00 bits per heavy atom. The van der Waals surface area contributed by atoms with Crippen LogP contribution in [0.3, 0.4) is 0 Å². The topological polar surface area (TPSA) is 78.4 Å². The third kappa shape index (κ3) is 6.01. The van der Waals surface area contributed by atoms with E-state index in [2.05, 4.69) is 10.6 Å². The van der Waals surface area contributed by atoms with Gasteiger partial charge >= 0.3 is 0 Å². The number of benzene rings is 1. The predicted molar refractivity (Wildman–Crippen MR) is 72.1 cm³/mol. The number of nitrogens with one attached hydrogen (secondary N) is 2. The smallest absolute Gasteiger partial charge is 0.222 e. The van der Waals surface area contributed by atoms with Crippen LogP contribution in [0.4, 0.5) is 0 Å². The first kappa shape index (κ1) is 15.2.